The minimum atomic E-state index is -1.04. The number of aryl methyl sites for hydroxylation is 1. The molecule has 1 aromatic heterocycles. The average molecular weight is 611 g/mol. The summed E-state index contributed by atoms with van der Waals surface area (Å²) in [5.41, 5.74) is 3.07. The number of amides is 2. The summed E-state index contributed by atoms with van der Waals surface area (Å²) in [5.74, 6) is -2.16. The Bertz CT molecular complexity index is 1630. The van der Waals surface area contributed by atoms with Gasteiger partial charge in [-0.2, -0.15) is 0 Å². The molecule has 3 heterocycles. The largest absolute Gasteiger partial charge is 0.489 e. The van der Waals surface area contributed by atoms with Crippen molar-refractivity contribution in [2.24, 2.45) is 29.6 Å². The Morgan fingerprint density at radius 3 is 2.56 bits per heavy atom. The maximum atomic E-state index is 13.6. The van der Waals surface area contributed by atoms with Gasteiger partial charge < -0.3 is 14.8 Å². The van der Waals surface area contributed by atoms with Gasteiger partial charge in [0.25, 0.3) is 0 Å². The first-order valence-corrected chi connectivity index (χ1v) is 15.7. The molecule has 0 spiro atoms. The van der Waals surface area contributed by atoms with Gasteiger partial charge >= 0.3 is 10.8 Å². The van der Waals surface area contributed by atoms with Crippen LogP contribution < -0.4 is 9.61 Å². The van der Waals surface area contributed by atoms with E-state index in [4.69, 9.17) is 21.4 Å². The number of ether oxygens (including phenoxy) is 1. The van der Waals surface area contributed by atoms with E-state index < -0.39 is 17.8 Å². The average Bonchev–Trinajstić information content (AvgIpc) is 3.67. The predicted octanol–water partition coefficient (Wildman–Crippen LogP) is 4.93. The lowest BCUT2D eigenvalue weighted by atomic mass is 9.68. The normalized spacial score (nSPS) is 29.4. The van der Waals surface area contributed by atoms with Crippen LogP contribution in [-0.4, -0.2) is 44.6 Å². The Kier molecular flexibility index (Phi) is 6.55. The summed E-state index contributed by atoms with van der Waals surface area (Å²) in [6.07, 6.45) is 0.483. The smallest absolute Gasteiger partial charge is 0.305 e. The molecule has 2 aliphatic heterocycles. The molecule has 4 aliphatic rings. The van der Waals surface area contributed by atoms with E-state index in [9.17, 15) is 19.2 Å². The molecule has 3 aromatic rings. The molecule has 2 amide bonds. The minimum Gasteiger partial charge on any atom is -0.489 e. The molecule has 11 heteroatoms. The van der Waals surface area contributed by atoms with Gasteiger partial charge in [0, 0.05) is 33.2 Å². The summed E-state index contributed by atoms with van der Waals surface area (Å²) in [5, 5.41) is 10.5. The number of aromatic amines is 1. The number of nitrogens with zero attached hydrogens (tertiary/aromatic N) is 1. The van der Waals surface area contributed by atoms with Gasteiger partial charge in [0.05, 0.1) is 23.3 Å². The molecule has 3 fully saturated rings. The Hall–Kier alpha value is -3.08. The first kappa shape index (κ1) is 26.8. The summed E-state index contributed by atoms with van der Waals surface area (Å²) >= 11 is 9.34. The van der Waals surface area contributed by atoms with Crippen molar-refractivity contribution in [2.75, 3.05) is 6.54 Å². The number of hydrogen-bond donors (Lipinski definition) is 2. The standard InChI is InChI=1S/C30H27ClN2O6S2/c1-13-2-4-14(5-3-13)12-39-19-7-6-15(31)10-16(19)21-22-17-11-18(25(22)40-27-26(21)41-30(38)32-27)24-23(17)28(36)33(29(24)37)9-8-20(34)35/h2-7,10,17-18,21-25H,8-9,11-12H2,1H3,(H,32,38)(H,34,35)/t17?,18?,21-,22?,23?,24?,25?/m1/s1. The van der Waals surface area contributed by atoms with Crippen LogP contribution in [0.1, 0.15) is 40.3 Å². The zero-order valence-corrected chi connectivity index (χ0v) is 24.4. The van der Waals surface area contributed by atoms with E-state index in [1.807, 2.05) is 43.3 Å². The fourth-order valence-electron chi connectivity index (χ4n) is 7.59. The number of thiazole rings is 1. The van der Waals surface area contributed by atoms with Gasteiger partial charge in [-0.15, -0.1) is 11.8 Å². The van der Waals surface area contributed by atoms with Crippen LogP contribution >= 0.6 is 34.7 Å². The van der Waals surface area contributed by atoms with Crippen molar-refractivity contribution >= 4 is 52.5 Å². The van der Waals surface area contributed by atoms with Crippen LogP contribution in [0.15, 0.2) is 52.3 Å². The number of carboxylic acids is 1. The quantitative estimate of drug-likeness (QED) is 0.365. The van der Waals surface area contributed by atoms with Crippen LogP contribution in [0.4, 0.5) is 0 Å². The molecule has 7 atom stereocenters. The molecule has 0 radical (unpaired) electrons. The third kappa shape index (κ3) is 4.33. The lowest BCUT2D eigenvalue weighted by Crippen LogP contribution is -2.42. The number of nitrogens with one attached hydrogen (secondary N) is 1. The lowest BCUT2D eigenvalue weighted by molar-refractivity contribution is -0.142. The van der Waals surface area contributed by atoms with Crippen molar-refractivity contribution in [1.29, 1.82) is 0 Å². The molecule has 212 valence electrons. The molecule has 2 N–H and O–H groups in total. The molecule has 6 unspecified atom stereocenters. The van der Waals surface area contributed by atoms with E-state index in [0.29, 0.717) is 17.4 Å². The number of H-pyrrole nitrogens is 1. The molecular weight excluding hydrogens is 584 g/mol. The van der Waals surface area contributed by atoms with Crippen molar-refractivity contribution in [2.45, 2.75) is 42.6 Å². The molecule has 2 bridgehead atoms. The molecule has 2 aliphatic carbocycles. The van der Waals surface area contributed by atoms with Crippen LogP contribution in [0.3, 0.4) is 0 Å². The van der Waals surface area contributed by atoms with Gasteiger partial charge in [-0.05, 0) is 54.9 Å². The van der Waals surface area contributed by atoms with Crippen molar-refractivity contribution in [3.63, 3.8) is 0 Å². The molecule has 2 saturated carbocycles. The molecule has 1 saturated heterocycles. The van der Waals surface area contributed by atoms with E-state index >= 15 is 0 Å². The summed E-state index contributed by atoms with van der Waals surface area (Å²) < 4.78 is 6.38. The highest BCUT2D eigenvalue weighted by Gasteiger charge is 2.69. The van der Waals surface area contributed by atoms with Crippen LogP contribution in [0.25, 0.3) is 0 Å². The molecule has 2 aromatic carbocycles. The maximum Gasteiger partial charge on any atom is 0.305 e. The fourth-order valence-corrected chi connectivity index (χ4v) is 10.7. The zero-order valence-electron chi connectivity index (χ0n) is 22.0. The van der Waals surface area contributed by atoms with Crippen molar-refractivity contribution < 1.29 is 24.2 Å². The summed E-state index contributed by atoms with van der Waals surface area (Å²) in [7, 11) is 0. The van der Waals surface area contributed by atoms with Gasteiger partial charge in [-0.25, -0.2) is 0 Å². The number of hydrogen-bond acceptors (Lipinski definition) is 7. The fraction of sp³-hybridized carbons (Fsp3) is 0.400. The molecule has 41 heavy (non-hydrogen) atoms. The monoisotopic (exact) mass is 610 g/mol. The molecule has 8 nitrogen and oxygen atoms in total. The number of imide groups is 1. The number of likely N-dealkylation sites (tertiary alicyclic amines) is 1. The number of benzene rings is 2. The third-order valence-electron chi connectivity index (χ3n) is 9.19. The second-order valence-corrected chi connectivity index (χ2v) is 14.0. The third-order valence-corrected chi connectivity index (χ3v) is 12.0. The SMILES string of the molecule is Cc1ccc(COc2ccc(Cl)cc2[C@H]2c3sc(=O)[nH]c3SC3C4CC(C5C(=O)N(CCC(=O)O)C(=O)C45)C32)cc1. The number of fused-ring (bicyclic) bond motifs is 9. The topological polar surface area (TPSA) is 117 Å². The lowest BCUT2D eigenvalue weighted by Gasteiger charge is -2.43. The number of carbonyl (C=O) groups is 3. The Labute approximate surface area is 249 Å². The van der Waals surface area contributed by atoms with Gasteiger partial charge in [-0.3, -0.25) is 24.1 Å². The number of aliphatic carboxylic acids is 1. The maximum absolute atomic E-state index is 13.6. The van der Waals surface area contributed by atoms with Gasteiger partial charge in [0.15, 0.2) is 0 Å². The van der Waals surface area contributed by atoms with E-state index in [2.05, 4.69) is 4.98 Å². The highest BCUT2D eigenvalue weighted by Crippen LogP contribution is 2.69. The summed E-state index contributed by atoms with van der Waals surface area (Å²) in [4.78, 5) is 55.8. The second kappa shape index (κ2) is 10.0. The van der Waals surface area contributed by atoms with Gasteiger partial charge in [-0.1, -0.05) is 52.8 Å². The van der Waals surface area contributed by atoms with Crippen molar-refractivity contribution in [1.82, 2.24) is 9.88 Å². The van der Waals surface area contributed by atoms with Gasteiger partial charge in [0.2, 0.25) is 11.8 Å². The zero-order chi connectivity index (χ0) is 28.6. The molecule has 7 rings (SSSR count). The number of carbonyl (C=O) groups excluding carboxylic acids is 2. The molecular formula is C30H27ClN2O6S2. The Balaban J connectivity index is 1.27. The summed E-state index contributed by atoms with van der Waals surface area (Å²) in [6, 6.07) is 13.7. The second-order valence-electron chi connectivity index (χ2n) is 11.4. The first-order valence-electron chi connectivity index (χ1n) is 13.7. The first-order chi connectivity index (χ1) is 19.7. The van der Waals surface area contributed by atoms with Crippen molar-refractivity contribution in [3.05, 3.63) is 78.7 Å². The number of rotatable bonds is 7. The Morgan fingerprint density at radius 1 is 1.10 bits per heavy atom. The van der Waals surface area contributed by atoms with Gasteiger partial charge in [0.1, 0.15) is 12.4 Å². The van der Waals surface area contributed by atoms with E-state index in [1.54, 1.807) is 17.8 Å². The van der Waals surface area contributed by atoms with E-state index in [1.165, 1.54) is 16.2 Å². The Morgan fingerprint density at radius 2 is 1.83 bits per heavy atom. The minimum absolute atomic E-state index is 0.0124. The van der Waals surface area contributed by atoms with Crippen LogP contribution in [0.2, 0.25) is 5.02 Å². The highest BCUT2D eigenvalue weighted by molar-refractivity contribution is 8.00. The predicted molar refractivity (Wildman–Crippen MR) is 154 cm³/mol. The van der Waals surface area contributed by atoms with E-state index in [0.717, 1.165) is 33.0 Å². The van der Waals surface area contributed by atoms with Crippen LogP contribution in [-0.2, 0) is 21.0 Å². The van der Waals surface area contributed by atoms with E-state index in [-0.39, 0.29) is 58.6 Å². The van der Waals surface area contributed by atoms with Crippen LogP contribution in [0, 0.1) is 36.5 Å². The highest BCUT2D eigenvalue weighted by atomic mass is 35.5. The van der Waals surface area contributed by atoms with Crippen molar-refractivity contribution in [3.8, 4) is 5.75 Å². The number of aromatic nitrogens is 1. The number of thioether (sulfide) groups is 1. The summed E-state index contributed by atoms with van der Waals surface area (Å²) in [6.45, 7) is 2.30. The number of halogens is 1. The number of carboxylic acid groups (broad SMARTS) is 1. The van der Waals surface area contributed by atoms with Crippen LogP contribution in [0.5, 0.6) is 5.75 Å².